The highest BCUT2D eigenvalue weighted by Gasteiger charge is 2.37. The summed E-state index contributed by atoms with van der Waals surface area (Å²) in [4.78, 5) is 10.9. The van der Waals surface area contributed by atoms with Gasteiger partial charge in [-0.1, -0.05) is 19.3 Å². The van der Waals surface area contributed by atoms with Crippen LogP contribution in [-0.2, 0) is 0 Å². The van der Waals surface area contributed by atoms with E-state index in [1.165, 1.54) is 19.3 Å². The first-order valence-corrected chi connectivity index (χ1v) is 4.37. The molecule has 2 amide bonds. The Labute approximate surface area is 78.7 Å². The predicted molar refractivity (Wildman–Crippen MR) is 49.6 cm³/mol. The van der Waals surface area contributed by atoms with E-state index in [1.54, 1.807) is 0 Å². The lowest BCUT2D eigenvalue weighted by Crippen LogP contribution is -2.44. The number of amides is 2. The summed E-state index contributed by atoms with van der Waals surface area (Å²) in [5, 5.41) is 5.85. The first-order valence-electron chi connectivity index (χ1n) is 4.37. The van der Waals surface area contributed by atoms with E-state index < -0.39 is 0 Å². The summed E-state index contributed by atoms with van der Waals surface area (Å²) in [7, 11) is 0. The second-order valence-corrected chi connectivity index (χ2v) is 3.65. The van der Waals surface area contributed by atoms with Gasteiger partial charge in [-0.15, -0.1) is 12.4 Å². The minimum absolute atomic E-state index is 0. The lowest BCUT2D eigenvalue weighted by Gasteiger charge is -2.31. The van der Waals surface area contributed by atoms with Gasteiger partial charge in [-0.2, -0.15) is 0 Å². The highest BCUT2D eigenvalue weighted by atomic mass is 35.5. The van der Waals surface area contributed by atoms with Crippen LogP contribution in [0.3, 0.4) is 0 Å². The maximum atomic E-state index is 10.9. The third-order valence-electron chi connectivity index (χ3n) is 2.78. The van der Waals surface area contributed by atoms with Gasteiger partial charge in [-0.05, 0) is 12.8 Å². The zero-order chi connectivity index (χ0) is 7.73. The van der Waals surface area contributed by atoms with Gasteiger partial charge in [-0.3, -0.25) is 0 Å². The van der Waals surface area contributed by atoms with Crippen molar-refractivity contribution in [2.75, 3.05) is 6.54 Å². The summed E-state index contributed by atoms with van der Waals surface area (Å²) in [5.41, 5.74) is 0.134. The number of carbonyl (C=O) groups excluding carboxylic acids is 1. The van der Waals surface area contributed by atoms with Crippen LogP contribution >= 0.6 is 12.4 Å². The van der Waals surface area contributed by atoms with Gasteiger partial charge in [0.05, 0.1) is 5.54 Å². The molecule has 2 rings (SSSR count). The average Bonchev–Trinajstić information content (AvgIpc) is 2.34. The second-order valence-electron chi connectivity index (χ2n) is 3.65. The summed E-state index contributed by atoms with van der Waals surface area (Å²) in [6.07, 6.45) is 6.18. The molecule has 1 saturated heterocycles. The highest BCUT2D eigenvalue weighted by molar-refractivity contribution is 5.85. The van der Waals surface area contributed by atoms with Crippen LogP contribution in [0.1, 0.15) is 32.1 Å². The minimum atomic E-state index is 0. The van der Waals surface area contributed by atoms with Gasteiger partial charge < -0.3 is 10.6 Å². The van der Waals surface area contributed by atoms with Crippen LogP contribution in [0.15, 0.2) is 0 Å². The topological polar surface area (TPSA) is 41.1 Å². The first kappa shape index (κ1) is 9.65. The third kappa shape index (κ3) is 1.66. The van der Waals surface area contributed by atoms with Crippen molar-refractivity contribution in [3.63, 3.8) is 0 Å². The Balaban J connectivity index is 0.000000720. The van der Waals surface area contributed by atoms with Crippen LogP contribution in [0.5, 0.6) is 0 Å². The van der Waals surface area contributed by atoms with E-state index in [1.807, 2.05) is 0 Å². The molecule has 0 aromatic carbocycles. The molecule has 70 valence electrons. The number of halogens is 1. The molecule has 2 N–H and O–H groups in total. The summed E-state index contributed by atoms with van der Waals surface area (Å²) in [6.45, 7) is 0.839. The molecule has 0 bridgehead atoms. The van der Waals surface area contributed by atoms with E-state index in [0.717, 1.165) is 19.4 Å². The third-order valence-corrected chi connectivity index (χ3v) is 2.78. The normalized spacial score (nSPS) is 25.8. The molecule has 4 heteroatoms. The summed E-state index contributed by atoms with van der Waals surface area (Å²) in [5.74, 6) is 0. The fourth-order valence-corrected chi connectivity index (χ4v) is 2.11. The van der Waals surface area contributed by atoms with Crippen LogP contribution in [0.25, 0.3) is 0 Å². The zero-order valence-electron chi connectivity index (χ0n) is 7.06. The number of hydrogen-bond acceptors (Lipinski definition) is 1. The highest BCUT2D eigenvalue weighted by Crippen LogP contribution is 2.29. The number of rotatable bonds is 0. The molecule has 1 heterocycles. The zero-order valence-corrected chi connectivity index (χ0v) is 7.88. The monoisotopic (exact) mass is 190 g/mol. The van der Waals surface area contributed by atoms with Gasteiger partial charge in [0.15, 0.2) is 0 Å². The lowest BCUT2D eigenvalue weighted by atomic mass is 9.82. The largest absolute Gasteiger partial charge is 0.336 e. The molecule has 0 unspecified atom stereocenters. The maximum Gasteiger partial charge on any atom is 0.315 e. The van der Waals surface area contributed by atoms with Crippen molar-refractivity contribution in [2.24, 2.45) is 0 Å². The van der Waals surface area contributed by atoms with E-state index >= 15 is 0 Å². The van der Waals surface area contributed by atoms with Crippen molar-refractivity contribution in [3.05, 3.63) is 0 Å². The molecule has 0 radical (unpaired) electrons. The van der Waals surface area contributed by atoms with Crippen molar-refractivity contribution in [3.8, 4) is 0 Å². The van der Waals surface area contributed by atoms with Crippen molar-refractivity contribution in [1.82, 2.24) is 10.6 Å². The molecule has 1 aliphatic heterocycles. The number of carbonyl (C=O) groups is 1. The van der Waals surface area contributed by atoms with Crippen molar-refractivity contribution in [2.45, 2.75) is 37.6 Å². The van der Waals surface area contributed by atoms with Crippen LogP contribution in [0.2, 0.25) is 0 Å². The Morgan fingerprint density at radius 3 is 2.33 bits per heavy atom. The van der Waals surface area contributed by atoms with Crippen molar-refractivity contribution >= 4 is 18.4 Å². The molecule has 2 fully saturated rings. The smallest absolute Gasteiger partial charge is 0.315 e. The molecular weight excluding hydrogens is 176 g/mol. The van der Waals surface area contributed by atoms with Crippen molar-refractivity contribution in [1.29, 1.82) is 0 Å². The van der Waals surface area contributed by atoms with Crippen LogP contribution in [0.4, 0.5) is 4.79 Å². The lowest BCUT2D eigenvalue weighted by molar-refractivity contribution is 0.236. The Kier molecular flexibility index (Phi) is 2.83. The number of hydrogen-bond donors (Lipinski definition) is 2. The molecule has 2 aliphatic rings. The molecule has 0 aromatic heterocycles. The fourth-order valence-electron chi connectivity index (χ4n) is 2.11. The van der Waals surface area contributed by atoms with E-state index in [9.17, 15) is 4.79 Å². The van der Waals surface area contributed by atoms with Crippen LogP contribution in [0, 0.1) is 0 Å². The van der Waals surface area contributed by atoms with Gasteiger partial charge in [0.1, 0.15) is 0 Å². The molecule has 1 aliphatic carbocycles. The van der Waals surface area contributed by atoms with E-state index in [2.05, 4.69) is 10.6 Å². The predicted octanol–water partition coefficient (Wildman–Crippen LogP) is 1.42. The molecule has 3 nitrogen and oxygen atoms in total. The van der Waals surface area contributed by atoms with E-state index in [0.29, 0.717) is 0 Å². The van der Waals surface area contributed by atoms with Gasteiger partial charge in [0, 0.05) is 6.54 Å². The molecule has 0 atom stereocenters. The molecule has 1 spiro atoms. The Morgan fingerprint density at radius 1 is 1.17 bits per heavy atom. The van der Waals surface area contributed by atoms with E-state index in [4.69, 9.17) is 0 Å². The summed E-state index contributed by atoms with van der Waals surface area (Å²) < 4.78 is 0. The average molecular weight is 191 g/mol. The maximum absolute atomic E-state index is 10.9. The van der Waals surface area contributed by atoms with Gasteiger partial charge in [-0.25, -0.2) is 4.79 Å². The minimum Gasteiger partial charge on any atom is -0.336 e. The second kappa shape index (κ2) is 3.52. The quantitative estimate of drug-likeness (QED) is 0.596. The molecule has 1 saturated carbocycles. The van der Waals surface area contributed by atoms with Crippen LogP contribution < -0.4 is 10.6 Å². The summed E-state index contributed by atoms with van der Waals surface area (Å²) in [6, 6.07) is 0.0203. The standard InChI is InChI=1S/C8H14N2O.ClH/c11-7-9-6-8(10-7)4-2-1-3-5-8;/h1-6H2,(H2,9,10,11);1H. The molecule has 0 aromatic rings. The van der Waals surface area contributed by atoms with Crippen LogP contribution in [-0.4, -0.2) is 18.1 Å². The van der Waals surface area contributed by atoms with Crippen molar-refractivity contribution < 1.29 is 4.79 Å². The first-order chi connectivity index (χ1) is 5.31. The summed E-state index contributed by atoms with van der Waals surface area (Å²) >= 11 is 0. The Morgan fingerprint density at radius 2 is 1.83 bits per heavy atom. The number of nitrogens with one attached hydrogen (secondary N) is 2. The Bertz CT molecular complexity index is 178. The van der Waals surface area contributed by atoms with Gasteiger partial charge >= 0.3 is 6.03 Å². The Hall–Kier alpha value is -0.440. The SMILES string of the molecule is Cl.O=C1NCC2(CCCCC2)N1. The van der Waals surface area contributed by atoms with Gasteiger partial charge in [0.2, 0.25) is 0 Å². The fraction of sp³-hybridized carbons (Fsp3) is 0.875. The number of urea groups is 1. The molecule has 12 heavy (non-hydrogen) atoms. The molecular formula is C8H15ClN2O. The van der Waals surface area contributed by atoms with Gasteiger partial charge in [0.25, 0.3) is 0 Å². The van der Waals surface area contributed by atoms with E-state index in [-0.39, 0.29) is 24.0 Å².